The molecule has 2 aromatic carbocycles. The molecule has 0 amide bonds. The first-order valence-corrected chi connectivity index (χ1v) is 8.91. The molecular formula is C21H37N3Ti. The molecule has 2 aromatic rings. The fraction of sp³-hybridized carbons (Fsp3) is 0.571. The van der Waals surface area contributed by atoms with Gasteiger partial charge in [0.1, 0.15) is 0 Å². The third-order valence-electron chi connectivity index (χ3n) is 2.89. The predicted molar refractivity (Wildman–Crippen MR) is 113 cm³/mol. The Labute approximate surface area is 171 Å². The molecule has 0 atom stereocenters. The van der Waals surface area contributed by atoms with Crippen LogP contribution in [0.3, 0.4) is 0 Å². The first kappa shape index (κ1) is 29.2. The molecule has 0 fully saturated rings. The van der Waals surface area contributed by atoms with E-state index in [1.54, 1.807) is 28.2 Å². The van der Waals surface area contributed by atoms with E-state index >= 15 is 0 Å². The molecule has 0 aromatic heterocycles. The van der Waals surface area contributed by atoms with Crippen LogP contribution in [-0.2, 0) is 21.7 Å². The summed E-state index contributed by atoms with van der Waals surface area (Å²) in [6, 6.07) is 14.7. The van der Waals surface area contributed by atoms with Crippen LogP contribution in [0, 0.1) is 0 Å². The molecule has 0 saturated heterocycles. The van der Waals surface area contributed by atoms with Gasteiger partial charge in [-0.05, 0) is 0 Å². The quantitative estimate of drug-likeness (QED) is 0.302. The average molecular weight is 379 g/mol. The zero-order valence-corrected chi connectivity index (χ0v) is 18.7. The number of hydrogen-bond donors (Lipinski definition) is 0. The molecule has 0 saturated carbocycles. The van der Waals surface area contributed by atoms with E-state index in [0.717, 1.165) is 13.1 Å². The molecule has 4 heteroatoms. The Morgan fingerprint density at radius 2 is 1.28 bits per heavy atom. The van der Waals surface area contributed by atoms with Crippen LogP contribution >= 0.6 is 0 Å². The first-order chi connectivity index (χ1) is 11.7. The monoisotopic (exact) mass is 379 g/mol. The van der Waals surface area contributed by atoms with Gasteiger partial charge in [0, 0.05) is 0 Å². The molecule has 0 N–H and O–H groups in total. The maximum Gasteiger partial charge on any atom is 4.00 e. The van der Waals surface area contributed by atoms with Crippen LogP contribution in [0.1, 0.15) is 39.5 Å². The summed E-state index contributed by atoms with van der Waals surface area (Å²) in [7, 11) is 7.00. The van der Waals surface area contributed by atoms with Gasteiger partial charge in [0.2, 0.25) is 0 Å². The van der Waals surface area contributed by atoms with E-state index in [-0.39, 0.29) is 21.7 Å². The Hall–Kier alpha value is -0.576. The summed E-state index contributed by atoms with van der Waals surface area (Å²) in [5.41, 5.74) is 0. The molecule has 0 unspecified atom stereocenters. The summed E-state index contributed by atoms with van der Waals surface area (Å²) in [4.78, 5) is 0. The smallest absolute Gasteiger partial charge is 0.668 e. The van der Waals surface area contributed by atoms with Gasteiger partial charge in [-0.15, -0.1) is 42.7 Å². The molecular weight excluding hydrogens is 342 g/mol. The van der Waals surface area contributed by atoms with Crippen LogP contribution in [0.4, 0.5) is 0 Å². The normalized spacial score (nSPS) is 8.72. The van der Waals surface area contributed by atoms with E-state index in [1.165, 1.54) is 36.5 Å². The Morgan fingerprint density at radius 3 is 1.72 bits per heavy atom. The summed E-state index contributed by atoms with van der Waals surface area (Å²) >= 11 is 0. The topological polar surface area (TPSA) is 42.3 Å². The van der Waals surface area contributed by atoms with Crippen molar-refractivity contribution in [3.63, 3.8) is 0 Å². The fourth-order valence-corrected chi connectivity index (χ4v) is 1.72. The van der Waals surface area contributed by atoms with Gasteiger partial charge in [-0.25, -0.2) is 0 Å². The van der Waals surface area contributed by atoms with Crippen molar-refractivity contribution in [1.29, 1.82) is 0 Å². The van der Waals surface area contributed by atoms with E-state index in [1.807, 2.05) is 0 Å². The fourth-order valence-electron chi connectivity index (χ4n) is 1.72. The molecule has 3 nitrogen and oxygen atoms in total. The van der Waals surface area contributed by atoms with E-state index in [0.29, 0.717) is 0 Å². The molecule has 0 radical (unpaired) electrons. The van der Waals surface area contributed by atoms with Crippen LogP contribution in [0.2, 0.25) is 0 Å². The number of hydrogen-bond acceptors (Lipinski definition) is 0. The maximum absolute atomic E-state index is 4.35. The molecule has 0 heterocycles. The van der Waals surface area contributed by atoms with Crippen molar-refractivity contribution in [2.75, 3.05) is 41.3 Å². The SMILES string of the molecule is CCCC[N-]CCCC.C[N-]C.C[N-]C.[Ti+4].c1ccc2[cH-]ccc2c1. The summed E-state index contributed by atoms with van der Waals surface area (Å²) in [6.07, 6.45) is 5.08. The van der Waals surface area contributed by atoms with Gasteiger partial charge in [0.05, 0.1) is 0 Å². The third-order valence-corrected chi connectivity index (χ3v) is 2.89. The van der Waals surface area contributed by atoms with Crippen LogP contribution in [0.25, 0.3) is 26.7 Å². The zero-order valence-electron chi connectivity index (χ0n) is 17.1. The number of rotatable bonds is 6. The second-order valence-electron chi connectivity index (χ2n) is 5.43. The maximum atomic E-state index is 4.35. The van der Waals surface area contributed by atoms with Crippen LogP contribution in [-0.4, -0.2) is 41.3 Å². The van der Waals surface area contributed by atoms with Crippen molar-refractivity contribution in [3.05, 3.63) is 58.4 Å². The van der Waals surface area contributed by atoms with Crippen LogP contribution in [0.5, 0.6) is 0 Å². The van der Waals surface area contributed by atoms with Crippen LogP contribution in [0.15, 0.2) is 42.5 Å². The molecule has 2 rings (SSSR count). The van der Waals surface area contributed by atoms with E-state index < -0.39 is 0 Å². The summed E-state index contributed by atoms with van der Waals surface area (Å²) in [6.45, 7) is 6.57. The number of benzene rings is 1. The first-order valence-electron chi connectivity index (χ1n) is 8.91. The van der Waals surface area contributed by atoms with Gasteiger partial charge in [-0.2, -0.15) is 45.7 Å². The van der Waals surface area contributed by atoms with Gasteiger partial charge in [0.25, 0.3) is 0 Å². The standard InChI is InChI=1S/C9H7.C8H18N.2C2H6N.Ti/c1-2-5-9-7-3-6-8(9)4-1;1-3-5-7-9-8-6-4-2;2*1-3-2;/h1-7H;3-8H2,1-2H3;2*1-2H3;/q4*-1;+4. The molecule has 0 aliphatic heterocycles. The average Bonchev–Trinajstić information content (AvgIpc) is 3.06. The Kier molecular flexibility index (Phi) is 30.0. The Morgan fingerprint density at radius 1 is 0.800 bits per heavy atom. The molecule has 0 aliphatic rings. The van der Waals surface area contributed by atoms with E-state index in [9.17, 15) is 0 Å². The predicted octanol–water partition coefficient (Wildman–Crippen LogP) is 6.76. The van der Waals surface area contributed by atoms with Gasteiger partial charge in [-0.1, -0.05) is 45.6 Å². The number of unbranched alkanes of at least 4 members (excludes halogenated alkanes) is 2. The minimum absolute atomic E-state index is 0. The Bertz CT molecular complexity index is 405. The van der Waals surface area contributed by atoms with E-state index in [4.69, 9.17) is 0 Å². The van der Waals surface area contributed by atoms with Crippen LogP contribution < -0.4 is 0 Å². The molecule has 0 spiro atoms. The molecule has 0 bridgehead atoms. The van der Waals surface area contributed by atoms with Crippen molar-refractivity contribution in [3.8, 4) is 0 Å². The van der Waals surface area contributed by atoms with Crippen molar-refractivity contribution in [1.82, 2.24) is 0 Å². The summed E-state index contributed by atoms with van der Waals surface area (Å²) in [5, 5.41) is 14.0. The molecule has 140 valence electrons. The summed E-state index contributed by atoms with van der Waals surface area (Å²) in [5.74, 6) is 0. The van der Waals surface area contributed by atoms with Crippen molar-refractivity contribution in [2.45, 2.75) is 39.5 Å². The minimum Gasteiger partial charge on any atom is -0.668 e. The van der Waals surface area contributed by atoms with Crippen molar-refractivity contribution in [2.24, 2.45) is 0 Å². The van der Waals surface area contributed by atoms with Gasteiger partial charge < -0.3 is 16.0 Å². The Balaban J connectivity index is -0.000000287. The number of fused-ring (bicyclic) bond motifs is 1. The van der Waals surface area contributed by atoms with Crippen molar-refractivity contribution < 1.29 is 21.7 Å². The van der Waals surface area contributed by atoms with Gasteiger partial charge >= 0.3 is 21.7 Å². The zero-order chi connectivity index (χ0) is 18.5. The molecule has 25 heavy (non-hydrogen) atoms. The number of nitrogens with zero attached hydrogens (tertiary/aromatic N) is 3. The van der Waals surface area contributed by atoms with Crippen molar-refractivity contribution >= 4 is 10.8 Å². The van der Waals surface area contributed by atoms with E-state index in [2.05, 4.69) is 72.3 Å². The second-order valence-corrected chi connectivity index (χ2v) is 5.43. The molecule has 0 aliphatic carbocycles. The second kappa shape index (κ2) is 25.7. The van der Waals surface area contributed by atoms with Gasteiger partial charge in [0.15, 0.2) is 0 Å². The van der Waals surface area contributed by atoms with Gasteiger partial charge in [-0.3, -0.25) is 0 Å². The minimum atomic E-state index is 0. The third kappa shape index (κ3) is 21.4. The summed E-state index contributed by atoms with van der Waals surface area (Å²) < 4.78 is 0. The largest absolute Gasteiger partial charge is 4.00 e.